The number of hydrogen-bond acceptors (Lipinski definition) is 7. The van der Waals surface area contributed by atoms with Crippen molar-refractivity contribution >= 4 is 21.8 Å². The summed E-state index contributed by atoms with van der Waals surface area (Å²) < 4.78 is 31.7. The molecule has 7 nitrogen and oxygen atoms in total. The number of aromatic nitrogens is 3. The van der Waals surface area contributed by atoms with Gasteiger partial charge in [0.05, 0.1) is 10.8 Å². The van der Waals surface area contributed by atoms with E-state index in [0.717, 1.165) is 36.5 Å². The SMILES string of the molecule is CC(C)CCc1noc(CSc2ccc(S(=O)(=O)N3CCCC3)cn2)n1. The van der Waals surface area contributed by atoms with Crippen molar-refractivity contribution in [3.05, 3.63) is 30.0 Å². The smallest absolute Gasteiger partial charge is 0.244 e. The Morgan fingerprint density at radius 3 is 2.69 bits per heavy atom. The number of sulfonamides is 1. The molecule has 0 unspecified atom stereocenters. The van der Waals surface area contributed by atoms with Crippen LogP contribution in [0, 0.1) is 5.92 Å². The van der Waals surface area contributed by atoms with Gasteiger partial charge in [-0.05, 0) is 37.3 Å². The van der Waals surface area contributed by atoms with Crippen molar-refractivity contribution in [2.75, 3.05) is 13.1 Å². The van der Waals surface area contributed by atoms with Gasteiger partial charge in [-0.2, -0.15) is 9.29 Å². The lowest BCUT2D eigenvalue weighted by Gasteiger charge is -2.15. The van der Waals surface area contributed by atoms with E-state index in [1.165, 1.54) is 22.3 Å². The Morgan fingerprint density at radius 2 is 2.04 bits per heavy atom. The second-order valence-electron chi connectivity index (χ2n) is 6.77. The van der Waals surface area contributed by atoms with Gasteiger partial charge in [-0.25, -0.2) is 13.4 Å². The third kappa shape index (κ3) is 4.83. The van der Waals surface area contributed by atoms with E-state index in [0.29, 0.717) is 30.7 Å². The molecule has 142 valence electrons. The van der Waals surface area contributed by atoms with Crippen LogP contribution in [0.2, 0.25) is 0 Å². The number of thioether (sulfide) groups is 1. The lowest BCUT2D eigenvalue weighted by atomic mass is 10.1. The molecule has 0 saturated carbocycles. The van der Waals surface area contributed by atoms with Crippen molar-refractivity contribution in [1.82, 2.24) is 19.4 Å². The molecule has 26 heavy (non-hydrogen) atoms. The Morgan fingerprint density at radius 1 is 1.27 bits per heavy atom. The highest BCUT2D eigenvalue weighted by Crippen LogP contribution is 2.24. The van der Waals surface area contributed by atoms with E-state index >= 15 is 0 Å². The lowest BCUT2D eigenvalue weighted by molar-refractivity contribution is 0.383. The molecule has 2 aromatic heterocycles. The molecule has 0 atom stereocenters. The summed E-state index contributed by atoms with van der Waals surface area (Å²) in [6.07, 6.45) is 5.11. The first-order valence-electron chi connectivity index (χ1n) is 8.85. The average Bonchev–Trinajstić information content (AvgIpc) is 3.30. The normalized spacial score (nSPS) is 15.8. The first-order valence-corrected chi connectivity index (χ1v) is 11.3. The summed E-state index contributed by atoms with van der Waals surface area (Å²) in [5, 5.41) is 4.72. The monoisotopic (exact) mass is 396 g/mol. The highest BCUT2D eigenvalue weighted by atomic mass is 32.2. The predicted molar refractivity (Wildman–Crippen MR) is 99.2 cm³/mol. The molecular weight excluding hydrogens is 372 g/mol. The van der Waals surface area contributed by atoms with E-state index < -0.39 is 10.0 Å². The van der Waals surface area contributed by atoms with Gasteiger partial charge < -0.3 is 4.52 Å². The molecule has 3 rings (SSSR count). The van der Waals surface area contributed by atoms with Crippen LogP contribution < -0.4 is 0 Å². The highest BCUT2D eigenvalue weighted by molar-refractivity contribution is 7.98. The Bertz CT molecular complexity index is 813. The van der Waals surface area contributed by atoms with E-state index in [-0.39, 0.29) is 4.90 Å². The number of hydrogen-bond donors (Lipinski definition) is 0. The van der Waals surface area contributed by atoms with Crippen molar-refractivity contribution in [2.24, 2.45) is 5.92 Å². The van der Waals surface area contributed by atoms with Crippen molar-refractivity contribution in [3.63, 3.8) is 0 Å². The molecule has 1 aliphatic heterocycles. The third-order valence-corrected chi connectivity index (χ3v) is 7.02. The molecule has 0 bridgehead atoms. The molecule has 1 saturated heterocycles. The summed E-state index contributed by atoms with van der Waals surface area (Å²) >= 11 is 1.45. The summed E-state index contributed by atoms with van der Waals surface area (Å²) in [5.41, 5.74) is 0. The Kier molecular flexibility index (Phi) is 6.31. The van der Waals surface area contributed by atoms with Gasteiger partial charge in [0.1, 0.15) is 4.90 Å². The quantitative estimate of drug-likeness (QED) is 0.633. The van der Waals surface area contributed by atoms with Gasteiger partial charge in [0, 0.05) is 25.7 Å². The van der Waals surface area contributed by atoms with Gasteiger partial charge in [-0.1, -0.05) is 30.8 Å². The summed E-state index contributed by atoms with van der Waals surface area (Å²) in [7, 11) is -3.41. The zero-order valence-corrected chi connectivity index (χ0v) is 16.7. The molecule has 0 aliphatic carbocycles. The zero-order valence-electron chi connectivity index (χ0n) is 15.1. The second kappa shape index (κ2) is 8.49. The molecule has 1 aliphatic rings. The molecule has 0 spiro atoms. The predicted octanol–water partition coefficient (Wildman–Crippen LogP) is 3.13. The van der Waals surface area contributed by atoms with Gasteiger partial charge in [0.25, 0.3) is 0 Å². The highest BCUT2D eigenvalue weighted by Gasteiger charge is 2.27. The van der Waals surface area contributed by atoms with Crippen LogP contribution in [-0.2, 0) is 22.2 Å². The minimum absolute atomic E-state index is 0.248. The molecule has 0 amide bonds. The van der Waals surface area contributed by atoms with Crippen LogP contribution in [0.25, 0.3) is 0 Å². The molecule has 2 aromatic rings. The van der Waals surface area contributed by atoms with E-state index in [9.17, 15) is 8.42 Å². The maximum Gasteiger partial charge on any atom is 0.244 e. The topological polar surface area (TPSA) is 89.2 Å². The maximum absolute atomic E-state index is 12.5. The molecule has 1 fully saturated rings. The van der Waals surface area contributed by atoms with Gasteiger partial charge in [0.15, 0.2) is 5.82 Å². The van der Waals surface area contributed by atoms with Crippen molar-refractivity contribution < 1.29 is 12.9 Å². The number of aryl methyl sites for hydroxylation is 1. The maximum atomic E-state index is 12.5. The lowest BCUT2D eigenvalue weighted by Crippen LogP contribution is -2.27. The summed E-state index contributed by atoms with van der Waals surface area (Å²) in [6, 6.07) is 3.34. The van der Waals surface area contributed by atoms with E-state index in [1.54, 1.807) is 12.1 Å². The average molecular weight is 397 g/mol. The van der Waals surface area contributed by atoms with Gasteiger partial charge >= 0.3 is 0 Å². The Labute approximate surface area is 158 Å². The zero-order chi connectivity index (χ0) is 18.6. The van der Waals surface area contributed by atoms with Crippen molar-refractivity contribution in [1.29, 1.82) is 0 Å². The number of rotatable bonds is 8. The Hall–Kier alpha value is -1.45. The first-order chi connectivity index (χ1) is 12.4. The fourth-order valence-electron chi connectivity index (χ4n) is 2.69. The molecule has 0 N–H and O–H groups in total. The van der Waals surface area contributed by atoms with Crippen molar-refractivity contribution in [2.45, 2.75) is 55.2 Å². The van der Waals surface area contributed by atoms with Crippen LogP contribution in [0.4, 0.5) is 0 Å². The van der Waals surface area contributed by atoms with Crippen LogP contribution in [0.3, 0.4) is 0 Å². The number of pyridine rings is 1. The second-order valence-corrected chi connectivity index (χ2v) is 9.70. The van der Waals surface area contributed by atoms with Crippen LogP contribution in [0.15, 0.2) is 32.8 Å². The molecule has 3 heterocycles. The third-order valence-electron chi connectivity index (χ3n) is 4.21. The molecule has 9 heteroatoms. The van der Waals surface area contributed by atoms with Crippen LogP contribution >= 0.6 is 11.8 Å². The van der Waals surface area contributed by atoms with E-state index in [4.69, 9.17) is 4.52 Å². The summed E-state index contributed by atoms with van der Waals surface area (Å²) in [6.45, 7) is 5.51. The largest absolute Gasteiger partial charge is 0.338 e. The van der Waals surface area contributed by atoms with Gasteiger partial charge in [-0.3, -0.25) is 0 Å². The van der Waals surface area contributed by atoms with Crippen molar-refractivity contribution in [3.8, 4) is 0 Å². The Balaban J connectivity index is 1.56. The van der Waals surface area contributed by atoms with E-state index in [2.05, 4.69) is 29.0 Å². The number of nitrogens with zero attached hydrogens (tertiary/aromatic N) is 4. The summed E-state index contributed by atoms with van der Waals surface area (Å²) in [4.78, 5) is 8.89. The van der Waals surface area contributed by atoms with Crippen LogP contribution in [-0.4, -0.2) is 40.9 Å². The first kappa shape index (κ1) is 19.3. The van der Waals surface area contributed by atoms with Gasteiger partial charge in [-0.15, -0.1) is 0 Å². The fraction of sp³-hybridized carbons (Fsp3) is 0.588. The minimum Gasteiger partial charge on any atom is -0.338 e. The minimum atomic E-state index is -3.41. The van der Waals surface area contributed by atoms with Crippen LogP contribution in [0.5, 0.6) is 0 Å². The van der Waals surface area contributed by atoms with Crippen LogP contribution in [0.1, 0.15) is 44.8 Å². The van der Waals surface area contributed by atoms with Gasteiger partial charge in [0.2, 0.25) is 15.9 Å². The molecular formula is C17H24N4O3S2. The fourth-order valence-corrected chi connectivity index (χ4v) is 4.83. The molecule has 0 radical (unpaired) electrons. The summed E-state index contributed by atoms with van der Waals surface area (Å²) in [5.74, 6) is 2.41. The van der Waals surface area contributed by atoms with E-state index in [1.807, 2.05) is 0 Å². The molecule has 0 aromatic carbocycles. The standard InChI is InChI=1S/C17H24N4O3S2/c1-13(2)5-7-15-19-16(24-20-15)12-25-17-8-6-14(11-18-17)26(22,23)21-9-3-4-10-21/h6,8,11,13H,3-5,7,9-10,12H2,1-2H3.